The highest BCUT2D eigenvalue weighted by Gasteiger charge is 2.03. The van der Waals surface area contributed by atoms with E-state index in [1.165, 1.54) is 12.1 Å². The monoisotopic (exact) mass is 303 g/mol. The van der Waals surface area contributed by atoms with E-state index in [0.717, 1.165) is 11.3 Å². The Kier molecular flexibility index (Phi) is 6.39. The summed E-state index contributed by atoms with van der Waals surface area (Å²) in [6.45, 7) is 0.592. The van der Waals surface area contributed by atoms with E-state index in [0.29, 0.717) is 13.0 Å². The van der Waals surface area contributed by atoms with Gasteiger partial charge >= 0.3 is 0 Å². The van der Waals surface area contributed by atoms with Crippen molar-refractivity contribution in [1.29, 1.82) is 0 Å². The Labute approximate surface area is 128 Å². The number of hydrogen-bond donors (Lipinski definition) is 1. The number of benzene rings is 2. The van der Waals surface area contributed by atoms with Crippen LogP contribution in [-0.2, 0) is 16.1 Å². The van der Waals surface area contributed by atoms with Gasteiger partial charge < -0.3 is 4.74 Å². The molecule has 0 fully saturated rings. The zero-order valence-corrected chi connectivity index (χ0v) is 12.1. The van der Waals surface area contributed by atoms with E-state index < -0.39 is 0 Å². The molecule has 0 bridgehead atoms. The molecular formula is C17H18FNO3. The number of carbonyl (C=O) groups is 1. The average Bonchev–Trinajstić information content (AvgIpc) is 2.54. The first-order valence-corrected chi connectivity index (χ1v) is 7.07. The van der Waals surface area contributed by atoms with Gasteiger partial charge in [-0.05, 0) is 36.2 Å². The molecule has 0 heterocycles. The van der Waals surface area contributed by atoms with Gasteiger partial charge in [0.05, 0.1) is 0 Å². The van der Waals surface area contributed by atoms with Crippen LogP contribution in [0.25, 0.3) is 0 Å². The van der Waals surface area contributed by atoms with Gasteiger partial charge in [-0.15, -0.1) is 0 Å². The molecule has 2 aromatic rings. The van der Waals surface area contributed by atoms with Crippen LogP contribution in [0.3, 0.4) is 0 Å². The minimum absolute atomic E-state index is 0.239. The normalized spacial score (nSPS) is 10.2. The van der Waals surface area contributed by atoms with Crippen molar-refractivity contribution in [2.45, 2.75) is 12.8 Å². The largest absolute Gasteiger partial charge is 0.491 e. The third-order valence-corrected chi connectivity index (χ3v) is 2.91. The van der Waals surface area contributed by atoms with Crippen molar-refractivity contribution in [2.24, 2.45) is 0 Å². The van der Waals surface area contributed by atoms with Crippen LogP contribution in [0.5, 0.6) is 5.75 Å². The second-order valence-electron chi connectivity index (χ2n) is 4.67. The highest BCUT2D eigenvalue weighted by molar-refractivity contribution is 5.75. The van der Waals surface area contributed by atoms with Gasteiger partial charge in [0, 0.05) is 6.42 Å². The SMILES string of the molecule is O=C(CCc1cccc(F)c1)NOCCOc1ccccc1. The summed E-state index contributed by atoms with van der Waals surface area (Å²) in [4.78, 5) is 16.6. The average molecular weight is 303 g/mol. The second kappa shape index (κ2) is 8.79. The summed E-state index contributed by atoms with van der Waals surface area (Å²) in [5.74, 6) is 0.208. The van der Waals surface area contributed by atoms with Crippen LogP contribution in [0.2, 0.25) is 0 Å². The smallest absolute Gasteiger partial charge is 0.243 e. The number of hydroxylamine groups is 1. The highest BCUT2D eigenvalue weighted by atomic mass is 19.1. The molecule has 5 heteroatoms. The van der Waals surface area contributed by atoms with Crippen molar-refractivity contribution in [1.82, 2.24) is 5.48 Å². The Morgan fingerprint density at radius 2 is 1.86 bits per heavy atom. The van der Waals surface area contributed by atoms with Crippen LogP contribution < -0.4 is 10.2 Å². The van der Waals surface area contributed by atoms with E-state index >= 15 is 0 Å². The number of para-hydroxylation sites is 1. The topological polar surface area (TPSA) is 47.6 Å². The number of rotatable bonds is 8. The zero-order valence-electron chi connectivity index (χ0n) is 12.1. The molecule has 2 rings (SSSR count). The summed E-state index contributed by atoms with van der Waals surface area (Å²) in [6.07, 6.45) is 0.705. The van der Waals surface area contributed by atoms with Crippen molar-refractivity contribution in [2.75, 3.05) is 13.2 Å². The lowest BCUT2D eigenvalue weighted by molar-refractivity contribution is -0.134. The second-order valence-corrected chi connectivity index (χ2v) is 4.67. The molecule has 116 valence electrons. The first-order chi connectivity index (χ1) is 10.7. The third kappa shape index (κ3) is 5.93. The van der Waals surface area contributed by atoms with Crippen molar-refractivity contribution in [3.05, 3.63) is 66.0 Å². The van der Waals surface area contributed by atoms with Crippen LogP contribution in [0.1, 0.15) is 12.0 Å². The van der Waals surface area contributed by atoms with E-state index in [-0.39, 0.29) is 24.8 Å². The molecule has 0 aliphatic rings. The van der Waals surface area contributed by atoms with Crippen LogP contribution in [0, 0.1) is 5.82 Å². The quantitative estimate of drug-likeness (QED) is 0.602. The van der Waals surface area contributed by atoms with Crippen LogP contribution >= 0.6 is 0 Å². The maximum atomic E-state index is 13.0. The fourth-order valence-corrected chi connectivity index (χ4v) is 1.85. The molecule has 0 aromatic heterocycles. The van der Waals surface area contributed by atoms with E-state index in [1.54, 1.807) is 12.1 Å². The fourth-order valence-electron chi connectivity index (χ4n) is 1.85. The van der Waals surface area contributed by atoms with Gasteiger partial charge in [-0.3, -0.25) is 9.63 Å². The molecule has 0 saturated heterocycles. The Morgan fingerprint density at radius 3 is 2.64 bits per heavy atom. The van der Waals surface area contributed by atoms with Gasteiger partial charge in [0.25, 0.3) is 0 Å². The number of hydrogen-bond acceptors (Lipinski definition) is 3. The summed E-state index contributed by atoms with van der Waals surface area (Å²) < 4.78 is 18.4. The van der Waals surface area contributed by atoms with E-state index in [4.69, 9.17) is 9.57 Å². The maximum Gasteiger partial charge on any atom is 0.243 e. The van der Waals surface area contributed by atoms with Crippen molar-refractivity contribution in [3.63, 3.8) is 0 Å². The van der Waals surface area contributed by atoms with Crippen molar-refractivity contribution < 1.29 is 18.8 Å². The molecule has 0 spiro atoms. The molecule has 0 saturated carbocycles. The molecule has 0 atom stereocenters. The van der Waals surface area contributed by atoms with Gasteiger partial charge in [-0.2, -0.15) is 0 Å². The molecule has 22 heavy (non-hydrogen) atoms. The summed E-state index contributed by atoms with van der Waals surface area (Å²) in [7, 11) is 0. The van der Waals surface area contributed by atoms with Gasteiger partial charge in [0.1, 0.15) is 24.8 Å². The minimum Gasteiger partial charge on any atom is -0.491 e. The molecular weight excluding hydrogens is 285 g/mol. The summed E-state index contributed by atoms with van der Waals surface area (Å²) in [6, 6.07) is 15.6. The summed E-state index contributed by atoms with van der Waals surface area (Å²) >= 11 is 0. The van der Waals surface area contributed by atoms with E-state index in [9.17, 15) is 9.18 Å². The first kappa shape index (κ1) is 16.0. The standard InChI is InChI=1S/C17H18FNO3/c18-15-6-4-5-14(13-15)9-10-17(20)19-22-12-11-21-16-7-2-1-3-8-16/h1-8,13H,9-12H2,(H,19,20). The van der Waals surface area contributed by atoms with Crippen LogP contribution in [0.15, 0.2) is 54.6 Å². The number of nitrogens with one attached hydrogen (secondary N) is 1. The van der Waals surface area contributed by atoms with Crippen molar-refractivity contribution >= 4 is 5.91 Å². The Balaban J connectivity index is 1.56. The number of aryl methyl sites for hydroxylation is 1. The van der Waals surface area contributed by atoms with Gasteiger partial charge in [0.2, 0.25) is 5.91 Å². The molecule has 0 aliphatic heterocycles. The Morgan fingerprint density at radius 1 is 1.05 bits per heavy atom. The third-order valence-electron chi connectivity index (χ3n) is 2.91. The van der Waals surface area contributed by atoms with Gasteiger partial charge in [0.15, 0.2) is 0 Å². The predicted molar refractivity (Wildman–Crippen MR) is 80.8 cm³/mol. The number of ether oxygens (including phenoxy) is 1. The first-order valence-electron chi connectivity index (χ1n) is 7.07. The maximum absolute atomic E-state index is 13.0. The summed E-state index contributed by atoms with van der Waals surface area (Å²) in [5.41, 5.74) is 3.12. The lowest BCUT2D eigenvalue weighted by atomic mass is 10.1. The molecule has 2 aromatic carbocycles. The number of amides is 1. The molecule has 0 radical (unpaired) electrons. The van der Waals surface area contributed by atoms with Crippen molar-refractivity contribution in [3.8, 4) is 5.75 Å². The molecule has 0 unspecified atom stereocenters. The molecule has 1 N–H and O–H groups in total. The molecule has 1 amide bonds. The van der Waals surface area contributed by atoms with Gasteiger partial charge in [-0.25, -0.2) is 9.87 Å². The predicted octanol–water partition coefficient (Wildman–Crippen LogP) is 2.89. The van der Waals surface area contributed by atoms with Gasteiger partial charge in [-0.1, -0.05) is 30.3 Å². The highest BCUT2D eigenvalue weighted by Crippen LogP contribution is 2.08. The zero-order chi connectivity index (χ0) is 15.6. The van der Waals surface area contributed by atoms with E-state index in [2.05, 4.69) is 5.48 Å². The lowest BCUT2D eigenvalue weighted by Crippen LogP contribution is -2.26. The van der Waals surface area contributed by atoms with Crippen LogP contribution in [0.4, 0.5) is 4.39 Å². The molecule has 4 nitrogen and oxygen atoms in total. The lowest BCUT2D eigenvalue weighted by Gasteiger charge is -2.08. The Hall–Kier alpha value is -2.40. The fraction of sp³-hybridized carbons (Fsp3) is 0.235. The van der Waals surface area contributed by atoms with Crippen LogP contribution in [-0.4, -0.2) is 19.1 Å². The minimum atomic E-state index is -0.299. The van der Waals surface area contributed by atoms with E-state index in [1.807, 2.05) is 30.3 Å². The number of halogens is 1. The number of carbonyl (C=O) groups excluding carboxylic acids is 1. The Bertz CT molecular complexity index is 589. The molecule has 0 aliphatic carbocycles. The summed E-state index contributed by atoms with van der Waals surface area (Å²) in [5, 5.41) is 0.